The lowest BCUT2D eigenvalue weighted by molar-refractivity contribution is -0.138. The number of carbonyl (C=O) groups is 4. The largest absolute Gasteiger partial charge is 0.493 e. The second-order valence-corrected chi connectivity index (χ2v) is 22.0. The zero-order chi connectivity index (χ0) is 57.2. The van der Waals surface area contributed by atoms with Crippen molar-refractivity contribution in [2.75, 3.05) is 126 Å². The van der Waals surface area contributed by atoms with E-state index in [4.69, 9.17) is 62.7 Å². The molecule has 0 spiro atoms. The Morgan fingerprint density at radius 3 is 1.64 bits per heavy atom. The molecule has 0 radical (unpaired) electrons. The van der Waals surface area contributed by atoms with Gasteiger partial charge in [-0.25, -0.2) is 0 Å². The molecule has 2 atom stereocenters. The molecule has 1 N–H and O–H groups in total. The lowest BCUT2D eigenvalue weighted by atomic mass is 10.1. The summed E-state index contributed by atoms with van der Waals surface area (Å²) in [5.74, 6) is 1.29. The van der Waals surface area contributed by atoms with Crippen LogP contribution in [0.5, 0.6) is 28.7 Å². The number of carbonyl (C=O) groups excluding carboxylic acids is 3. The first kappa shape index (κ1) is 61.1. The van der Waals surface area contributed by atoms with Gasteiger partial charge in [-0.15, -0.1) is 11.8 Å². The number of aliphatic imine (C=N–C) groups is 2. The molecule has 22 heteroatoms. The molecule has 2 aromatic carbocycles. The van der Waals surface area contributed by atoms with Crippen LogP contribution in [0.25, 0.3) is 0 Å². The van der Waals surface area contributed by atoms with Gasteiger partial charge in [0.15, 0.2) is 23.0 Å². The number of likely N-dealkylation sites (N-methyl/N-ethyl adjacent to an activating group) is 2. The molecular formula is C58H77N7O14S. The van der Waals surface area contributed by atoms with E-state index >= 15 is 0 Å². The number of aliphatic carboxylic acids is 1. The van der Waals surface area contributed by atoms with Gasteiger partial charge in [-0.2, -0.15) is 0 Å². The quantitative estimate of drug-likeness (QED) is 0.0500. The fourth-order valence-corrected chi connectivity index (χ4v) is 10.4. The number of methoxy groups -OCH3 is 2. The molecule has 4 aliphatic rings. The van der Waals surface area contributed by atoms with Crippen LogP contribution in [0.3, 0.4) is 0 Å². The van der Waals surface area contributed by atoms with Crippen molar-refractivity contribution in [1.82, 2.24) is 24.6 Å². The van der Waals surface area contributed by atoms with Crippen molar-refractivity contribution >= 4 is 59.3 Å². The number of fused-ring (bicyclic) bond motifs is 4. The summed E-state index contributed by atoms with van der Waals surface area (Å²) >= 11 is 1.59. The van der Waals surface area contributed by atoms with Gasteiger partial charge in [-0.3, -0.25) is 34.1 Å². The molecule has 0 bridgehead atoms. The first-order valence-corrected chi connectivity index (χ1v) is 28.0. The summed E-state index contributed by atoms with van der Waals surface area (Å²) in [5, 5.41) is 8.63. The third-order valence-electron chi connectivity index (χ3n) is 13.8. The van der Waals surface area contributed by atoms with Crippen LogP contribution < -0.4 is 23.7 Å². The molecule has 2 fully saturated rings. The van der Waals surface area contributed by atoms with Gasteiger partial charge in [0.2, 0.25) is 5.91 Å². The number of carboxylic acid groups (broad SMARTS) is 1. The van der Waals surface area contributed by atoms with E-state index in [1.807, 2.05) is 55.3 Å². The summed E-state index contributed by atoms with van der Waals surface area (Å²) in [4.78, 5) is 73.0. The Balaban J connectivity index is 0.933. The van der Waals surface area contributed by atoms with Gasteiger partial charge in [0.05, 0.1) is 125 Å². The second kappa shape index (κ2) is 29.8. The zero-order valence-electron chi connectivity index (χ0n) is 47.4. The van der Waals surface area contributed by atoms with Gasteiger partial charge in [0, 0.05) is 81.2 Å². The average Bonchev–Trinajstić information content (AvgIpc) is 4.07. The number of thioether (sulfide) groups is 1. The fraction of sp³-hybridized carbons (Fsp3) is 0.534. The van der Waals surface area contributed by atoms with Crippen molar-refractivity contribution in [3.63, 3.8) is 0 Å². The zero-order valence-corrected chi connectivity index (χ0v) is 48.2. The molecule has 434 valence electrons. The Labute approximate surface area is 473 Å². The van der Waals surface area contributed by atoms with Crippen molar-refractivity contribution in [3.8, 4) is 28.7 Å². The number of carboxylic acids is 1. The molecule has 1 aromatic heterocycles. The summed E-state index contributed by atoms with van der Waals surface area (Å²) in [6.07, 6.45) is 9.21. The van der Waals surface area contributed by atoms with Crippen molar-refractivity contribution in [1.29, 1.82) is 0 Å². The second-order valence-electron chi connectivity index (χ2n) is 20.3. The smallest absolute Gasteiger partial charge is 0.305 e. The van der Waals surface area contributed by atoms with Crippen LogP contribution in [0, 0.1) is 0 Å². The third kappa shape index (κ3) is 17.2. The first-order valence-electron chi connectivity index (χ1n) is 27.0. The van der Waals surface area contributed by atoms with Crippen molar-refractivity contribution < 1.29 is 66.9 Å². The number of rotatable bonds is 32. The van der Waals surface area contributed by atoms with Crippen LogP contribution in [0.1, 0.15) is 79.1 Å². The number of hydrogen-bond donors (Lipinski definition) is 1. The van der Waals surface area contributed by atoms with E-state index in [1.54, 1.807) is 48.0 Å². The number of pyridine rings is 1. The summed E-state index contributed by atoms with van der Waals surface area (Å²) in [7, 11) is 6.85. The number of allylic oxidation sites excluding steroid dienone is 2. The van der Waals surface area contributed by atoms with Crippen molar-refractivity contribution in [2.24, 2.45) is 9.98 Å². The minimum atomic E-state index is -0.896. The molecule has 2 unspecified atom stereocenters. The molecule has 3 amide bonds. The lowest BCUT2D eigenvalue weighted by Gasteiger charge is -2.30. The highest BCUT2D eigenvalue weighted by atomic mass is 32.2. The molecule has 0 saturated carbocycles. The minimum absolute atomic E-state index is 0.00993. The highest BCUT2D eigenvalue weighted by molar-refractivity contribution is 8.01. The standard InChI is InChI=1S/C58H77N7O14S/c1-9-39-23-43-31-59-48-29-52(50(71-7)27-46(48)56(69)64(43)33-39)78-35-41-25-45(26-42(61-41)36-79-53-30-49-47(28-51(53)72-8)57(70)65-34-40(10-2)24-44(65)32-60-49)77-16-12-62(5)38-58(3,4)80-37-54(66)63(6)13-15-74-18-20-76-22-21-75-19-17-73-14-11-55(67)68/h9-10,25-32,43-44H,11-24,33-38H2,1-8H3,(H,67,68)/b39-9+,40-10+. The summed E-state index contributed by atoms with van der Waals surface area (Å²) in [6.45, 7) is 14.2. The molecule has 0 aliphatic carbocycles. The molecule has 80 heavy (non-hydrogen) atoms. The van der Waals surface area contributed by atoms with Gasteiger partial charge < -0.3 is 67.3 Å². The summed E-state index contributed by atoms with van der Waals surface area (Å²) in [6, 6.07) is 10.2. The molecule has 7 rings (SSSR count). The van der Waals surface area contributed by atoms with Gasteiger partial charge in [0.25, 0.3) is 11.8 Å². The number of benzene rings is 2. The average molecular weight is 1130 g/mol. The topological polar surface area (TPSA) is 222 Å². The number of ether oxygens (including phenoxy) is 9. The van der Waals surface area contributed by atoms with Gasteiger partial charge in [-0.05, 0) is 59.7 Å². The summed E-state index contributed by atoms with van der Waals surface area (Å²) in [5.41, 5.74) is 5.32. The normalized spacial score (nSPS) is 17.6. The molecule has 4 aliphatic heterocycles. The maximum Gasteiger partial charge on any atom is 0.305 e. The van der Waals surface area contributed by atoms with Gasteiger partial charge in [0.1, 0.15) is 25.6 Å². The van der Waals surface area contributed by atoms with E-state index in [9.17, 15) is 19.2 Å². The molecule has 2 saturated heterocycles. The molecule has 21 nitrogen and oxygen atoms in total. The first-order chi connectivity index (χ1) is 38.6. The van der Waals surface area contributed by atoms with E-state index in [-0.39, 0.29) is 60.8 Å². The Kier molecular flexibility index (Phi) is 22.7. The minimum Gasteiger partial charge on any atom is -0.493 e. The highest BCUT2D eigenvalue weighted by Crippen LogP contribution is 2.41. The van der Waals surface area contributed by atoms with E-state index < -0.39 is 5.97 Å². The monoisotopic (exact) mass is 1130 g/mol. The maximum absolute atomic E-state index is 13.8. The number of amides is 3. The Morgan fingerprint density at radius 1 is 0.675 bits per heavy atom. The van der Waals surface area contributed by atoms with Crippen molar-refractivity contribution in [2.45, 2.75) is 77.0 Å². The van der Waals surface area contributed by atoms with Crippen LogP contribution in [-0.2, 0) is 41.8 Å². The van der Waals surface area contributed by atoms with E-state index in [0.29, 0.717) is 154 Å². The van der Waals surface area contributed by atoms with Crippen LogP contribution in [0.15, 0.2) is 69.7 Å². The lowest BCUT2D eigenvalue weighted by Crippen LogP contribution is -2.38. The van der Waals surface area contributed by atoms with E-state index in [2.05, 4.69) is 30.9 Å². The Morgan fingerprint density at radius 2 is 1.16 bits per heavy atom. The molecule has 3 aromatic rings. The third-order valence-corrected chi connectivity index (χ3v) is 15.1. The number of nitrogens with zero attached hydrogens (tertiary/aromatic N) is 7. The van der Waals surface area contributed by atoms with Crippen LogP contribution in [-0.4, -0.2) is 209 Å². The SMILES string of the molecule is C/C=C1\CC2C=Nc3cc(OCc4cc(OCCN(C)CC(C)(C)SCC(=O)N(C)CCOCCOCCOCCOCCC(=O)O)cc(COc5cc6c(cc5OC)C(=O)N5C/C(=C/C)CC5C=N6)n4)c(OC)cc3C(=O)N2C1. The summed E-state index contributed by atoms with van der Waals surface area (Å²) < 4.78 is 52.3. The maximum atomic E-state index is 13.8. The number of hydrogen-bond acceptors (Lipinski definition) is 18. The van der Waals surface area contributed by atoms with Crippen LogP contribution >= 0.6 is 11.8 Å². The predicted octanol–water partition coefficient (Wildman–Crippen LogP) is 6.83. The molecular weight excluding hydrogens is 1050 g/mol. The highest BCUT2D eigenvalue weighted by Gasteiger charge is 2.36. The van der Waals surface area contributed by atoms with Crippen molar-refractivity contribution in [3.05, 3.63) is 82.2 Å². The Bertz CT molecular complexity index is 2630. The number of aromatic nitrogens is 1. The van der Waals surface area contributed by atoms with E-state index in [1.165, 1.54) is 25.4 Å². The van der Waals surface area contributed by atoms with Gasteiger partial charge >= 0.3 is 5.97 Å². The fourth-order valence-electron chi connectivity index (χ4n) is 9.39. The Hall–Kier alpha value is -6.56. The predicted molar refractivity (Wildman–Crippen MR) is 304 cm³/mol. The van der Waals surface area contributed by atoms with Crippen LogP contribution in [0.4, 0.5) is 11.4 Å². The van der Waals surface area contributed by atoms with E-state index in [0.717, 1.165) is 12.8 Å². The van der Waals surface area contributed by atoms with Crippen LogP contribution in [0.2, 0.25) is 0 Å². The molecule has 5 heterocycles. The van der Waals surface area contributed by atoms with Gasteiger partial charge in [-0.1, -0.05) is 23.3 Å².